The number of ether oxygens (including phenoxy) is 1. The van der Waals surface area contributed by atoms with E-state index in [1.807, 2.05) is 19.1 Å². The number of nitrogens with zero attached hydrogens (tertiary/aromatic N) is 1. The van der Waals surface area contributed by atoms with Crippen LogP contribution in [-0.2, 0) is 16.1 Å². The maximum Gasteiger partial charge on any atom is 0.248 e. The minimum Gasteiger partial charge on any atom is -0.379 e. The molecule has 0 spiro atoms. The van der Waals surface area contributed by atoms with Crippen LogP contribution in [0.5, 0.6) is 0 Å². The van der Waals surface area contributed by atoms with Gasteiger partial charge in [0, 0.05) is 25.3 Å². The second-order valence-electron chi connectivity index (χ2n) is 4.57. The summed E-state index contributed by atoms with van der Waals surface area (Å²) in [6.07, 6.45) is 3.24. The molecule has 0 atom stereocenters. The summed E-state index contributed by atoms with van der Waals surface area (Å²) in [6, 6.07) is 8.00. The van der Waals surface area contributed by atoms with Gasteiger partial charge in [0.1, 0.15) is 0 Å². The number of amides is 1. The fourth-order valence-electron chi connectivity index (χ4n) is 2.05. The Kier molecular flexibility index (Phi) is 5.12. The SMILES string of the molecule is CC=CC(=O)Nc1ccc(CN2CCOCC2)cc1. The van der Waals surface area contributed by atoms with E-state index in [9.17, 15) is 4.79 Å². The van der Waals surface area contributed by atoms with Crippen molar-refractivity contribution >= 4 is 11.6 Å². The summed E-state index contributed by atoms with van der Waals surface area (Å²) < 4.78 is 5.33. The van der Waals surface area contributed by atoms with Crippen LogP contribution in [0.15, 0.2) is 36.4 Å². The molecule has 0 aromatic heterocycles. The van der Waals surface area contributed by atoms with Gasteiger partial charge >= 0.3 is 0 Å². The van der Waals surface area contributed by atoms with E-state index in [1.54, 1.807) is 6.08 Å². The van der Waals surface area contributed by atoms with Gasteiger partial charge in [-0.25, -0.2) is 0 Å². The Hall–Kier alpha value is -1.65. The van der Waals surface area contributed by atoms with E-state index in [0.29, 0.717) is 0 Å². The van der Waals surface area contributed by atoms with E-state index >= 15 is 0 Å². The summed E-state index contributed by atoms with van der Waals surface area (Å²) in [4.78, 5) is 13.8. The third-order valence-electron chi connectivity index (χ3n) is 3.05. The zero-order chi connectivity index (χ0) is 13.5. The van der Waals surface area contributed by atoms with Crippen LogP contribution in [0.2, 0.25) is 0 Å². The first-order valence-corrected chi connectivity index (χ1v) is 6.60. The smallest absolute Gasteiger partial charge is 0.248 e. The highest BCUT2D eigenvalue weighted by atomic mass is 16.5. The molecule has 0 aliphatic carbocycles. The number of carbonyl (C=O) groups is 1. The van der Waals surface area contributed by atoms with Crippen molar-refractivity contribution in [3.8, 4) is 0 Å². The highest BCUT2D eigenvalue weighted by Crippen LogP contribution is 2.12. The Morgan fingerprint density at radius 3 is 2.63 bits per heavy atom. The van der Waals surface area contributed by atoms with Crippen molar-refractivity contribution in [2.24, 2.45) is 0 Å². The predicted molar refractivity (Wildman–Crippen MR) is 76.0 cm³/mol. The molecule has 0 saturated carbocycles. The number of hydrogen-bond donors (Lipinski definition) is 1. The van der Waals surface area contributed by atoms with Crippen molar-refractivity contribution in [3.63, 3.8) is 0 Å². The first-order chi connectivity index (χ1) is 9.28. The van der Waals surface area contributed by atoms with Gasteiger partial charge in [-0.1, -0.05) is 18.2 Å². The van der Waals surface area contributed by atoms with Crippen LogP contribution in [0, 0.1) is 0 Å². The van der Waals surface area contributed by atoms with Crippen LogP contribution in [0.25, 0.3) is 0 Å². The van der Waals surface area contributed by atoms with Crippen LogP contribution in [0.3, 0.4) is 0 Å². The number of morpholine rings is 1. The summed E-state index contributed by atoms with van der Waals surface area (Å²) in [5.74, 6) is -0.0940. The largest absolute Gasteiger partial charge is 0.379 e. The zero-order valence-electron chi connectivity index (χ0n) is 11.3. The zero-order valence-corrected chi connectivity index (χ0v) is 11.3. The molecule has 0 bridgehead atoms. The number of benzene rings is 1. The number of carbonyl (C=O) groups excluding carboxylic acids is 1. The molecule has 1 aliphatic heterocycles. The molecule has 1 aromatic carbocycles. The molecule has 1 heterocycles. The van der Waals surface area contributed by atoms with Gasteiger partial charge in [0.2, 0.25) is 5.91 Å². The molecule has 1 aliphatic rings. The van der Waals surface area contributed by atoms with E-state index < -0.39 is 0 Å². The lowest BCUT2D eigenvalue weighted by molar-refractivity contribution is -0.111. The summed E-state index contributed by atoms with van der Waals surface area (Å²) in [7, 11) is 0. The maximum absolute atomic E-state index is 11.4. The molecule has 1 amide bonds. The Balaban J connectivity index is 1.88. The molecule has 4 nitrogen and oxygen atoms in total. The summed E-state index contributed by atoms with van der Waals surface area (Å²) in [5.41, 5.74) is 2.08. The first kappa shape index (κ1) is 13.8. The quantitative estimate of drug-likeness (QED) is 0.842. The molecule has 102 valence electrons. The highest BCUT2D eigenvalue weighted by molar-refractivity contribution is 5.99. The lowest BCUT2D eigenvalue weighted by Gasteiger charge is -2.26. The highest BCUT2D eigenvalue weighted by Gasteiger charge is 2.10. The topological polar surface area (TPSA) is 41.6 Å². The third kappa shape index (κ3) is 4.50. The van der Waals surface area contributed by atoms with E-state index in [1.165, 1.54) is 11.6 Å². The Labute approximate surface area is 114 Å². The number of anilines is 1. The average Bonchev–Trinajstić information content (AvgIpc) is 2.42. The number of allylic oxidation sites excluding steroid dienone is 1. The minimum absolute atomic E-state index is 0.0940. The molecular formula is C15H20N2O2. The van der Waals surface area contributed by atoms with Gasteiger partial charge in [-0.2, -0.15) is 0 Å². The Morgan fingerprint density at radius 2 is 2.00 bits per heavy atom. The molecular weight excluding hydrogens is 240 g/mol. The van der Waals surface area contributed by atoms with Gasteiger partial charge in [-0.3, -0.25) is 9.69 Å². The summed E-state index contributed by atoms with van der Waals surface area (Å²) in [5, 5.41) is 2.81. The summed E-state index contributed by atoms with van der Waals surface area (Å²) >= 11 is 0. The molecule has 1 saturated heterocycles. The third-order valence-corrected chi connectivity index (χ3v) is 3.05. The van der Waals surface area contributed by atoms with E-state index in [2.05, 4.69) is 22.3 Å². The van der Waals surface area contributed by atoms with Crippen LogP contribution in [0.1, 0.15) is 12.5 Å². The summed E-state index contributed by atoms with van der Waals surface area (Å²) in [6.45, 7) is 6.37. The van der Waals surface area contributed by atoms with Crippen molar-refractivity contribution in [1.82, 2.24) is 4.90 Å². The van der Waals surface area contributed by atoms with Crippen molar-refractivity contribution in [2.45, 2.75) is 13.5 Å². The van der Waals surface area contributed by atoms with Gasteiger partial charge in [-0.15, -0.1) is 0 Å². The van der Waals surface area contributed by atoms with Gasteiger partial charge < -0.3 is 10.1 Å². The van der Waals surface area contributed by atoms with Crippen molar-refractivity contribution in [3.05, 3.63) is 42.0 Å². The van der Waals surface area contributed by atoms with Crippen molar-refractivity contribution < 1.29 is 9.53 Å². The molecule has 4 heteroatoms. The van der Waals surface area contributed by atoms with Crippen LogP contribution in [0.4, 0.5) is 5.69 Å². The number of rotatable bonds is 4. The van der Waals surface area contributed by atoms with Crippen LogP contribution < -0.4 is 5.32 Å². The fourth-order valence-corrected chi connectivity index (χ4v) is 2.05. The molecule has 19 heavy (non-hydrogen) atoms. The standard InChI is InChI=1S/C15H20N2O2/c1-2-3-15(18)16-14-6-4-13(5-7-14)12-17-8-10-19-11-9-17/h2-7H,8-12H2,1H3,(H,16,18). The second kappa shape index (κ2) is 7.07. The molecule has 1 aromatic rings. The lowest BCUT2D eigenvalue weighted by Crippen LogP contribution is -2.35. The lowest BCUT2D eigenvalue weighted by atomic mass is 10.2. The molecule has 2 rings (SSSR count). The second-order valence-corrected chi connectivity index (χ2v) is 4.57. The van der Waals surface area contributed by atoms with Gasteiger partial charge in [0.15, 0.2) is 0 Å². The molecule has 1 fully saturated rings. The average molecular weight is 260 g/mol. The minimum atomic E-state index is -0.0940. The van der Waals surface area contributed by atoms with Gasteiger partial charge in [0.05, 0.1) is 13.2 Å². The van der Waals surface area contributed by atoms with Crippen LogP contribution in [-0.4, -0.2) is 37.1 Å². The molecule has 1 N–H and O–H groups in total. The van der Waals surface area contributed by atoms with E-state index in [4.69, 9.17) is 4.74 Å². The van der Waals surface area contributed by atoms with Crippen molar-refractivity contribution in [2.75, 3.05) is 31.6 Å². The predicted octanol–water partition coefficient (Wildman–Crippen LogP) is 2.03. The Bertz CT molecular complexity index is 434. The molecule has 0 radical (unpaired) electrons. The van der Waals surface area contributed by atoms with E-state index in [0.717, 1.165) is 38.5 Å². The normalized spacial score (nSPS) is 16.7. The first-order valence-electron chi connectivity index (χ1n) is 6.60. The van der Waals surface area contributed by atoms with Gasteiger partial charge in [0.25, 0.3) is 0 Å². The monoisotopic (exact) mass is 260 g/mol. The number of hydrogen-bond acceptors (Lipinski definition) is 3. The molecule has 0 unspecified atom stereocenters. The van der Waals surface area contributed by atoms with Gasteiger partial charge in [-0.05, 0) is 30.7 Å². The number of nitrogens with one attached hydrogen (secondary N) is 1. The van der Waals surface area contributed by atoms with E-state index in [-0.39, 0.29) is 5.91 Å². The van der Waals surface area contributed by atoms with Crippen molar-refractivity contribution in [1.29, 1.82) is 0 Å². The fraction of sp³-hybridized carbons (Fsp3) is 0.400. The Morgan fingerprint density at radius 1 is 1.32 bits per heavy atom. The maximum atomic E-state index is 11.4. The van der Waals surface area contributed by atoms with Crippen LogP contribution >= 0.6 is 0 Å².